The van der Waals surface area contributed by atoms with E-state index in [1.165, 1.54) is 11.8 Å². The first-order chi connectivity index (χ1) is 17.5. The molecule has 0 aromatic heterocycles. The second kappa shape index (κ2) is 12.0. The number of carbonyl (C=O) groups is 2. The number of amidine groups is 1. The van der Waals surface area contributed by atoms with Gasteiger partial charge in [-0.05, 0) is 55.0 Å². The Balaban J connectivity index is 1.53. The van der Waals surface area contributed by atoms with Crippen LogP contribution in [-0.4, -0.2) is 40.8 Å². The molecular weight excluding hydrogens is 498 g/mol. The Bertz CT molecular complexity index is 1270. The molecule has 1 aliphatic heterocycles. The van der Waals surface area contributed by atoms with E-state index in [2.05, 4.69) is 5.32 Å². The third-order valence-corrected chi connectivity index (χ3v) is 6.95. The Labute approximate surface area is 219 Å². The normalized spacial score (nSPS) is 16.3. The van der Waals surface area contributed by atoms with Gasteiger partial charge in [0.05, 0.1) is 25.9 Å². The van der Waals surface area contributed by atoms with Crippen LogP contribution in [-0.2, 0) is 16.1 Å². The summed E-state index contributed by atoms with van der Waals surface area (Å²) in [5.74, 6) is 0.926. The first kappa shape index (κ1) is 25.6. The van der Waals surface area contributed by atoms with Crippen molar-refractivity contribution in [3.63, 3.8) is 0 Å². The smallest absolute Gasteiger partial charge is 0.242 e. The van der Waals surface area contributed by atoms with E-state index in [0.29, 0.717) is 39.7 Å². The first-order valence-corrected chi connectivity index (χ1v) is 12.7. The van der Waals surface area contributed by atoms with Crippen LogP contribution in [0.25, 0.3) is 0 Å². The second-order valence-electron chi connectivity index (χ2n) is 7.93. The highest BCUT2D eigenvalue weighted by Crippen LogP contribution is 2.34. The molecule has 7 nitrogen and oxygen atoms in total. The van der Waals surface area contributed by atoms with Gasteiger partial charge in [0.25, 0.3) is 0 Å². The van der Waals surface area contributed by atoms with Crippen LogP contribution >= 0.6 is 23.4 Å². The molecule has 1 saturated heterocycles. The van der Waals surface area contributed by atoms with Gasteiger partial charge in [-0.1, -0.05) is 47.6 Å². The fourth-order valence-corrected chi connectivity index (χ4v) is 5.00. The Morgan fingerprint density at radius 2 is 1.86 bits per heavy atom. The number of carbonyl (C=O) groups excluding carboxylic acids is 2. The summed E-state index contributed by atoms with van der Waals surface area (Å²) < 4.78 is 10.7. The lowest BCUT2D eigenvalue weighted by Crippen LogP contribution is -2.33. The van der Waals surface area contributed by atoms with Crippen molar-refractivity contribution in [2.45, 2.75) is 25.1 Å². The number of methoxy groups -OCH3 is 1. The summed E-state index contributed by atoms with van der Waals surface area (Å²) in [6.45, 7) is 2.69. The van der Waals surface area contributed by atoms with Gasteiger partial charge in [0.15, 0.2) is 5.17 Å². The summed E-state index contributed by atoms with van der Waals surface area (Å²) in [4.78, 5) is 32.5. The zero-order chi connectivity index (χ0) is 25.5. The summed E-state index contributed by atoms with van der Waals surface area (Å²) >= 11 is 7.64. The van der Waals surface area contributed by atoms with E-state index in [1.54, 1.807) is 48.4 Å². The van der Waals surface area contributed by atoms with Crippen LogP contribution < -0.4 is 14.8 Å². The summed E-state index contributed by atoms with van der Waals surface area (Å²) in [7, 11) is 1.60. The zero-order valence-corrected chi connectivity index (χ0v) is 21.5. The van der Waals surface area contributed by atoms with Gasteiger partial charge in [-0.25, -0.2) is 4.99 Å². The average Bonchev–Trinajstić information content (AvgIpc) is 3.15. The lowest BCUT2D eigenvalue weighted by atomic mass is 10.2. The molecule has 9 heteroatoms. The van der Waals surface area contributed by atoms with E-state index in [9.17, 15) is 9.59 Å². The molecule has 3 aromatic rings. The van der Waals surface area contributed by atoms with Crippen molar-refractivity contribution >= 4 is 51.7 Å². The fraction of sp³-hybridized carbons (Fsp3) is 0.222. The number of benzene rings is 3. The molecule has 36 heavy (non-hydrogen) atoms. The number of anilines is 1. The monoisotopic (exact) mass is 523 g/mol. The number of amides is 2. The SMILES string of the molecule is CCOc1cccc(NC(=O)CC2SC(=Nc3ccc(OC)cc3)N(Cc3ccccc3Cl)C2=O)c1. The maximum absolute atomic E-state index is 13.4. The second-order valence-corrected chi connectivity index (χ2v) is 9.50. The average molecular weight is 524 g/mol. The van der Waals surface area contributed by atoms with E-state index in [4.69, 9.17) is 26.1 Å². The van der Waals surface area contributed by atoms with Crippen LogP contribution in [0.15, 0.2) is 77.8 Å². The van der Waals surface area contributed by atoms with E-state index in [-0.39, 0.29) is 24.8 Å². The van der Waals surface area contributed by atoms with Gasteiger partial charge in [0.1, 0.15) is 16.7 Å². The number of hydrogen-bond acceptors (Lipinski definition) is 6. The molecule has 3 aromatic carbocycles. The highest BCUT2D eigenvalue weighted by Gasteiger charge is 2.39. The number of aliphatic imine (C=N–C) groups is 1. The number of nitrogens with one attached hydrogen (secondary N) is 1. The Morgan fingerprint density at radius 1 is 1.08 bits per heavy atom. The predicted octanol–water partition coefficient (Wildman–Crippen LogP) is 5.91. The number of thioether (sulfide) groups is 1. The van der Waals surface area contributed by atoms with Crippen molar-refractivity contribution < 1.29 is 19.1 Å². The van der Waals surface area contributed by atoms with E-state index >= 15 is 0 Å². The molecule has 0 aliphatic carbocycles. The standard InChI is InChI=1S/C27H26ClN3O4S/c1-3-35-22-9-6-8-20(15-22)29-25(32)16-24-26(33)31(17-18-7-4-5-10-23(18)28)27(36-24)30-19-11-13-21(34-2)14-12-19/h4-15,24H,3,16-17H2,1-2H3,(H,29,32). The van der Waals surface area contributed by atoms with Crippen molar-refractivity contribution in [2.24, 2.45) is 4.99 Å². The van der Waals surface area contributed by atoms with Gasteiger partial charge in [-0.2, -0.15) is 0 Å². The minimum atomic E-state index is -0.612. The van der Waals surface area contributed by atoms with Crippen LogP contribution in [0.1, 0.15) is 18.9 Å². The number of nitrogens with zero attached hydrogens (tertiary/aromatic N) is 2. The highest BCUT2D eigenvalue weighted by molar-refractivity contribution is 8.15. The van der Waals surface area contributed by atoms with Gasteiger partial charge >= 0.3 is 0 Å². The number of rotatable bonds is 9. The molecule has 1 fully saturated rings. The van der Waals surface area contributed by atoms with Crippen molar-refractivity contribution in [3.8, 4) is 11.5 Å². The molecule has 0 bridgehead atoms. The third kappa shape index (κ3) is 6.38. The Kier molecular flexibility index (Phi) is 8.51. The summed E-state index contributed by atoms with van der Waals surface area (Å²) in [6, 6.07) is 21.8. The summed E-state index contributed by atoms with van der Waals surface area (Å²) in [6.07, 6.45) is 0.00299. The predicted molar refractivity (Wildman–Crippen MR) is 144 cm³/mol. The van der Waals surface area contributed by atoms with Gasteiger partial charge in [0, 0.05) is 23.2 Å². The molecule has 1 aliphatic rings. The Hall–Kier alpha value is -3.49. The molecule has 4 rings (SSSR count). The molecule has 2 amide bonds. The third-order valence-electron chi connectivity index (χ3n) is 5.40. The molecule has 1 atom stereocenters. The van der Waals surface area contributed by atoms with Gasteiger partial charge in [0.2, 0.25) is 11.8 Å². The van der Waals surface area contributed by atoms with E-state index < -0.39 is 5.25 Å². The zero-order valence-electron chi connectivity index (χ0n) is 19.9. The van der Waals surface area contributed by atoms with Gasteiger partial charge in [-0.3, -0.25) is 14.5 Å². The van der Waals surface area contributed by atoms with Crippen molar-refractivity contribution in [2.75, 3.05) is 19.0 Å². The summed E-state index contributed by atoms with van der Waals surface area (Å²) in [5, 5.41) is 3.33. The van der Waals surface area contributed by atoms with Crippen LogP contribution in [0.4, 0.5) is 11.4 Å². The lowest BCUT2D eigenvalue weighted by molar-refractivity contribution is -0.128. The topological polar surface area (TPSA) is 80.2 Å². The number of halogens is 1. The molecule has 1 unspecified atom stereocenters. The quantitative estimate of drug-likeness (QED) is 0.377. The molecule has 0 spiro atoms. The minimum absolute atomic E-state index is 0.00299. The number of ether oxygens (including phenoxy) is 2. The molecule has 1 heterocycles. The van der Waals surface area contributed by atoms with Crippen molar-refractivity contribution in [1.29, 1.82) is 0 Å². The lowest BCUT2D eigenvalue weighted by Gasteiger charge is -2.17. The molecule has 1 N–H and O–H groups in total. The number of hydrogen-bond donors (Lipinski definition) is 1. The Morgan fingerprint density at radius 3 is 2.58 bits per heavy atom. The highest BCUT2D eigenvalue weighted by atomic mass is 35.5. The molecular formula is C27H26ClN3O4S. The van der Waals surface area contributed by atoms with Gasteiger partial charge in [-0.15, -0.1) is 0 Å². The first-order valence-electron chi connectivity index (χ1n) is 11.4. The minimum Gasteiger partial charge on any atom is -0.497 e. The molecule has 0 radical (unpaired) electrons. The van der Waals surface area contributed by atoms with Crippen LogP contribution in [0.5, 0.6) is 11.5 Å². The van der Waals surface area contributed by atoms with Crippen LogP contribution in [0.3, 0.4) is 0 Å². The fourth-order valence-electron chi connectivity index (χ4n) is 3.65. The summed E-state index contributed by atoms with van der Waals surface area (Å²) in [5.41, 5.74) is 2.09. The van der Waals surface area contributed by atoms with Crippen LogP contribution in [0, 0.1) is 0 Å². The van der Waals surface area contributed by atoms with Crippen LogP contribution in [0.2, 0.25) is 5.02 Å². The molecule has 0 saturated carbocycles. The van der Waals surface area contributed by atoms with Crippen molar-refractivity contribution in [3.05, 3.63) is 83.4 Å². The maximum Gasteiger partial charge on any atom is 0.242 e. The van der Waals surface area contributed by atoms with Gasteiger partial charge < -0.3 is 14.8 Å². The van der Waals surface area contributed by atoms with Crippen molar-refractivity contribution in [1.82, 2.24) is 4.90 Å². The largest absolute Gasteiger partial charge is 0.497 e. The van der Waals surface area contributed by atoms with E-state index in [0.717, 1.165) is 5.56 Å². The maximum atomic E-state index is 13.4. The van der Waals surface area contributed by atoms with E-state index in [1.807, 2.05) is 43.3 Å². The molecule has 186 valence electrons.